The van der Waals surface area contributed by atoms with Crippen molar-refractivity contribution in [2.45, 2.75) is 19.3 Å². The SMILES string of the molecule is O=C(NNC(=S)NN1CCCCC1)c1cccnc1. The van der Waals surface area contributed by atoms with Gasteiger partial charge in [0, 0.05) is 25.5 Å². The zero-order valence-electron chi connectivity index (χ0n) is 10.6. The Bertz CT molecular complexity index is 433. The van der Waals surface area contributed by atoms with Crippen LogP contribution < -0.4 is 16.3 Å². The van der Waals surface area contributed by atoms with Gasteiger partial charge in [-0.2, -0.15) is 0 Å². The Kier molecular flexibility index (Phi) is 5.05. The number of hydrogen-bond donors (Lipinski definition) is 3. The van der Waals surface area contributed by atoms with E-state index in [0.717, 1.165) is 25.9 Å². The van der Waals surface area contributed by atoms with E-state index in [9.17, 15) is 4.79 Å². The summed E-state index contributed by atoms with van der Waals surface area (Å²) in [6, 6.07) is 3.39. The molecule has 102 valence electrons. The van der Waals surface area contributed by atoms with Crippen molar-refractivity contribution in [3.8, 4) is 0 Å². The molecule has 1 aromatic rings. The Labute approximate surface area is 117 Å². The summed E-state index contributed by atoms with van der Waals surface area (Å²) in [7, 11) is 0. The summed E-state index contributed by atoms with van der Waals surface area (Å²) in [6.45, 7) is 1.94. The molecule has 1 aliphatic heterocycles. The summed E-state index contributed by atoms with van der Waals surface area (Å²) in [6.07, 6.45) is 6.70. The Morgan fingerprint density at radius 1 is 1.26 bits per heavy atom. The van der Waals surface area contributed by atoms with E-state index < -0.39 is 0 Å². The molecular formula is C12H17N5OS. The number of aromatic nitrogens is 1. The van der Waals surface area contributed by atoms with Gasteiger partial charge in [0.25, 0.3) is 5.91 Å². The van der Waals surface area contributed by atoms with Gasteiger partial charge in [-0.15, -0.1) is 0 Å². The predicted octanol–water partition coefficient (Wildman–Crippen LogP) is 0.591. The Morgan fingerprint density at radius 3 is 2.74 bits per heavy atom. The summed E-state index contributed by atoms with van der Waals surface area (Å²) < 4.78 is 0. The van der Waals surface area contributed by atoms with Gasteiger partial charge in [-0.05, 0) is 37.2 Å². The van der Waals surface area contributed by atoms with E-state index in [1.165, 1.54) is 12.6 Å². The number of carbonyl (C=O) groups is 1. The third-order valence-electron chi connectivity index (χ3n) is 2.83. The van der Waals surface area contributed by atoms with Gasteiger partial charge in [-0.25, -0.2) is 5.01 Å². The maximum atomic E-state index is 11.7. The zero-order valence-corrected chi connectivity index (χ0v) is 11.4. The van der Waals surface area contributed by atoms with Crippen molar-refractivity contribution in [1.29, 1.82) is 0 Å². The molecule has 3 N–H and O–H groups in total. The first-order valence-electron chi connectivity index (χ1n) is 6.27. The average Bonchev–Trinajstić information content (AvgIpc) is 2.47. The highest BCUT2D eigenvalue weighted by molar-refractivity contribution is 7.80. The molecule has 0 aromatic carbocycles. The molecule has 0 unspecified atom stereocenters. The van der Waals surface area contributed by atoms with Crippen molar-refractivity contribution < 1.29 is 4.79 Å². The molecular weight excluding hydrogens is 262 g/mol. The number of rotatable bonds is 2. The fourth-order valence-corrected chi connectivity index (χ4v) is 2.04. The van der Waals surface area contributed by atoms with E-state index in [2.05, 4.69) is 26.3 Å². The lowest BCUT2D eigenvalue weighted by Crippen LogP contribution is -2.53. The number of carbonyl (C=O) groups excluding carboxylic acids is 1. The molecule has 1 aromatic heterocycles. The second-order valence-corrected chi connectivity index (χ2v) is 4.72. The van der Waals surface area contributed by atoms with Crippen LogP contribution in [0.3, 0.4) is 0 Å². The molecule has 0 atom stereocenters. The Balaban J connectivity index is 1.72. The highest BCUT2D eigenvalue weighted by Crippen LogP contribution is 2.05. The number of pyridine rings is 1. The van der Waals surface area contributed by atoms with E-state index in [0.29, 0.717) is 10.7 Å². The van der Waals surface area contributed by atoms with Crippen LogP contribution in [0.4, 0.5) is 0 Å². The van der Waals surface area contributed by atoms with Crippen molar-refractivity contribution in [3.63, 3.8) is 0 Å². The third kappa shape index (κ3) is 4.46. The quantitative estimate of drug-likeness (QED) is 0.544. The van der Waals surface area contributed by atoms with Gasteiger partial charge >= 0.3 is 0 Å². The molecule has 7 heteroatoms. The lowest BCUT2D eigenvalue weighted by molar-refractivity contribution is 0.0941. The molecule has 0 bridgehead atoms. The minimum absolute atomic E-state index is 0.268. The highest BCUT2D eigenvalue weighted by Gasteiger charge is 2.11. The van der Waals surface area contributed by atoms with Crippen LogP contribution in [0.5, 0.6) is 0 Å². The maximum Gasteiger partial charge on any atom is 0.271 e. The van der Waals surface area contributed by atoms with Crippen molar-refractivity contribution >= 4 is 23.2 Å². The van der Waals surface area contributed by atoms with Crippen LogP contribution in [-0.4, -0.2) is 34.1 Å². The number of thiocarbonyl (C=S) groups is 1. The third-order valence-corrected chi connectivity index (χ3v) is 3.02. The van der Waals surface area contributed by atoms with Crippen LogP contribution in [0.15, 0.2) is 24.5 Å². The van der Waals surface area contributed by atoms with Crippen molar-refractivity contribution in [2.24, 2.45) is 0 Å². The first-order valence-corrected chi connectivity index (χ1v) is 6.68. The minimum Gasteiger partial charge on any atom is -0.294 e. The van der Waals surface area contributed by atoms with Gasteiger partial charge in [0.1, 0.15) is 0 Å². The van der Waals surface area contributed by atoms with Crippen LogP contribution in [-0.2, 0) is 0 Å². The molecule has 2 rings (SSSR count). The second kappa shape index (κ2) is 7.01. The van der Waals surface area contributed by atoms with Gasteiger partial charge in [0.2, 0.25) is 0 Å². The number of nitrogens with zero attached hydrogens (tertiary/aromatic N) is 2. The predicted molar refractivity (Wildman–Crippen MR) is 76.0 cm³/mol. The molecule has 1 amide bonds. The van der Waals surface area contributed by atoms with E-state index in [4.69, 9.17) is 12.2 Å². The molecule has 2 heterocycles. The van der Waals surface area contributed by atoms with Crippen molar-refractivity contribution in [1.82, 2.24) is 26.3 Å². The summed E-state index contributed by atoms with van der Waals surface area (Å²) in [5.41, 5.74) is 8.74. The maximum absolute atomic E-state index is 11.7. The Hall–Kier alpha value is -1.73. The molecule has 1 aliphatic rings. The van der Waals surface area contributed by atoms with Gasteiger partial charge in [0.05, 0.1) is 5.56 Å². The first kappa shape index (κ1) is 13.7. The summed E-state index contributed by atoms with van der Waals surface area (Å²) in [4.78, 5) is 15.6. The van der Waals surface area contributed by atoms with Gasteiger partial charge in [-0.3, -0.25) is 26.1 Å². The van der Waals surface area contributed by atoms with Gasteiger partial charge in [-0.1, -0.05) is 6.42 Å². The number of hydrogen-bond acceptors (Lipinski definition) is 4. The lowest BCUT2D eigenvalue weighted by atomic mass is 10.2. The largest absolute Gasteiger partial charge is 0.294 e. The van der Waals surface area contributed by atoms with Gasteiger partial charge in [0.15, 0.2) is 5.11 Å². The van der Waals surface area contributed by atoms with E-state index >= 15 is 0 Å². The van der Waals surface area contributed by atoms with Crippen LogP contribution in [0, 0.1) is 0 Å². The molecule has 1 saturated heterocycles. The van der Waals surface area contributed by atoms with E-state index in [-0.39, 0.29) is 5.91 Å². The normalized spacial score (nSPS) is 15.6. The second-order valence-electron chi connectivity index (χ2n) is 4.31. The van der Waals surface area contributed by atoms with Crippen molar-refractivity contribution in [2.75, 3.05) is 13.1 Å². The fourth-order valence-electron chi connectivity index (χ4n) is 1.86. The van der Waals surface area contributed by atoms with Crippen LogP contribution in [0.25, 0.3) is 0 Å². The number of hydrazine groups is 2. The molecule has 0 saturated carbocycles. The van der Waals surface area contributed by atoms with E-state index in [1.54, 1.807) is 18.3 Å². The van der Waals surface area contributed by atoms with Gasteiger partial charge < -0.3 is 0 Å². The molecule has 19 heavy (non-hydrogen) atoms. The molecule has 1 fully saturated rings. The Morgan fingerprint density at radius 2 is 2.05 bits per heavy atom. The number of nitrogens with one attached hydrogen (secondary N) is 3. The fraction of sp³-hybridized carbons (Fsp3) is 0.417. The smallest absolute Gasteiger partial charge is 0.271 e. The molecule has 6 nitrogen and oxygen atoms in total. The van der Waals surface area contributed by atoms with Crippen LogP contribution >= 0.6 is 12.2 Å². The van der Waals surface area contributed by atoms with Crippen LogP contribution in [0.1, 0.15) is 29.6 Å². The summed E-state index contributed by atoms with van der Waals surface area (Å²) in [5, 5.41) is 2.44. The molecule has 0 radical (unpaired) electrons. The lowest BCUT2D eigenvalue weighted by Gasteiger charge is -2.28. The topological polar surface area (TPSA) is 69.3 Å². The minimum atomic E-state index is -0.268. The summed E-state index contributed by atoms with van der Waals surface area (Å²) >= 11 is 5.11. The number of piperidine rings is 1. The highest BCUT2D eigenvalue weighted by atomic mass is 32.1. The van der Waals surface area contributed by atoms with Crippen LogP contribution in [0.2, 0.25) is 0 Å². The standard InChI is InChI=1S/C12H17N5OS/c18-11(10-5-4-6-13-9-10)14-15-12(19)16-17-7-2-1-3-8-17/h4-6,9H,1-3,7-8H2,(H,14,18)(H2,15,16,19). The monoisotopic (exact) mass is 279 g/mol. The average molecular weight is 279 g/mol. The van der Waals surface area contributed by atoms with E-state index in [1.807, 2.05) is 0 Å². The van der Waals surface area contributed by atoms with Crippen molar-refractivity contribution in [3.05, 3.63) is 30.1 Å². The summed E-state index contributed by atoms with van der Waals surface area (Å²) in [5.74, 6) is -0.268. The molecule has 0 spiro atoms. The first-order chi connectivity index (χ1) is 9.25. The zero-order chi connectivity index (χ0) is 13.5. The molecule has 0 aliphatic carbocycles. The number of amides is 1.